The third-order valence-corrected chi connectivity index (χ3v) is 2.25. The summed E-state index contributed by atoms with van der Waals surface area (Å²) in [5.74, 6) is 0. The summed E-state index contributed by atoms with van der Waals surface area (Å²) in [6.07, 6.45) is 1.06. The Hall–Kier alpha value is -1.35. The van der Waals surface area contributed by atoms with E-state index in [9.17, 15) is 9.59 Å². The quantitative estimate of drug-likeness (QED) is 0.548. The number of hydrogen-bond acceptors (Lipinski definition) is 4. The van der Waals surface area contributed by atoms with Gasteiger partial charge < -0.3 is 9.64 Å². The average molecular weight is 228 g/mol. The first-order chi connectivity index (χ1) is 7.19. The van der Waals surface area contributed by atoms with Gasteiger partial charge in [0.1, 0.15) is 5.60 Å². The fourth-order valence-corrected chi connectivity index (χ4v) is 1.01. The van der Waals surface area contributed by atoms with Crippen molar-refractivity contribution in [2.24, 2.45) is 4.99 Å². The molecule has 0 aromatic heterocycles. The van der Waals surface area contributed by atoms with Gasteiger partial charge in [0.15, 0.2) is 0 Å². The summed E-state index contributed by atoms with van der Waals surface area (Å²) < 4.78 is 5.20. The number of ether oxygens (including phenoxy) is 1. The molecule has 0 saturated carbocycles. The largest absolute Gasteiger partial charge is 0.444 e. The molecular weight excluding hydrogens is 208 g/mol. The highest BCUT2D eigenvalue weighted by Gasteiger charge is 2.25. The third-order valence-electron chi connectivity index (χ3n) is 2.25. The zero-order valence-electron chi connectivity index (χ0n) is 10.8. The fraction of sp³-hybridized carbons (Fsp3) is 0.818. The number of isocyanates is 1. The molecule has 2 atom stereocenters. The SMILES string of the molecule is CC(N=C=O)C(C)N(C)C(=O)OC(C)(C)C. The Balaban J connectivity index is 4.49. The summed E-state index contributed by atoms with van der Waals surface area (Å²) in [4.78, 5) is 26.8. The lowest BCUT2D eigenvalue weighted by molar-refractivity contribution is 0.0220. The molecule has 0 bridgehead atoms. The predicted molar refractivity (Wildman–Crippen MR) is 61.0 cm³/mol. The van der Waals surface area contributed by atoms with Crippen LogP contribution in [-0.4, -0.2) is 41.8 Å². The van der Waals surface area contributed by atoms with E-state index in [2.05, 4.69) is 4.99 Å². The molecule has 5 heteroatoms. The van der Waals surface area contributed by atoms with Gasteiger partial charge in [-0.15, -0.1) is 0 Å². The van der Waals surface area contributed by atoms with Crippen LogP contribution in [0.5, 0.6) is 0 Å². The molecule has 0 spiro atoms. The molecule has 0 rings (SSSR count). The van der Waals surface area contributed by atoms with Crippen LogP contribution in [0.4, 0.5) is 4.79 Å². The summed E-state index contributed by atoms with van der Waals surface area (Å²) in [6.45, 7) is 8.95. The van der Waals surface area contributed by atoms with E-state index in [0.29, 0.717) is 0 Å². The van der Waals surface area contributed by atoms with E-state index in [-0.39, 0.29) is 12.1 Å². The van der Waals surface area contributed by atoms with Gasteiger partial charge in [-0.1, -0.05) is 0 Å². The van der Waals surface area contributed by atoms with Crippen LogP contribution in [0, 0.1) is 0 Å². The van der Waals surface area contributed by atoms with E-state index in [1.54, 1.807) is 41.7 Å². The molecule has 92 valence electrons. The Bertz CT molecular complexity index is 290. The van der Waals surface area contributed by atoms with Crippen molar-refractivity contribution in [3.05, 3.63) is 0 Å². The zero-order valence-corrected chi connectivity index (χ0v) is 10.8. The van der Waals surface area contributed by atoms with Gasteiger partial charge in [-0.05, 0) is 34.6 Å². The van der Waals surface area contributed by atoms with Crippen LogP contribution in [0.3, 0.4) is 0 Å². The molecule has 0 aliphatic heterocycles. The van der Waals surface area contributed by atoms with Gasteiger partial charge in [-0.3, -0.25) is 0 Å². The van der Waals surface area contributed by atoms with Crippen molar-refractivity contribution in [3.63, 3.8) is 0 Å². The van der Waals surface area contributed by atoms with E-state index in [1.807, 2.05) is 0 Å². The molecular formula is C11H20N2O3. The van der Waals surface area contributed by atoms with Crippen molar-refractivity contribution < 1.29 is 14.3 Å². The van der Waals surface area contributed by atoms with E-state index in [4.69, 9.17) is 4.74 Å². The molecule has 0 aliphatic carbocycles. The molecule has 0 aromatic rings. The Labute approximate surface area is 96.5 Å². The second kappa shape index (κ2) is 5.66. The summed E-state index contributed by atoms with van der Waals surface area (Å²) in [6, 6.07) is -0.508. The van der Waals surface area contributed by atoms with E-state index >= 15 is 0 Å². The molecule has 2 unspecified atom stereocenters. The van der Waals surface area contributed by atoms with Gasteiger partial charge in [0, 0.05) is 7.05 Å². The van der Waals surface area contributed by atoms with Crippen molar-refractivity contribution in [2.75, 3.05) is 7.05 Å². The topological polar surface area (TPSA) is 59.0 Å². The van der Waals surface area contributed by atoms with Crippen LogP contribution < -0.4 is 0 Å². The third kappa shape index (κ3) is 4.94. The first-order valence-electron chi connectivity index (χ1n) is 5.22. The summed E-state index contributed by atoms with van der Waals surface area (Å²) in [5.41, 5.74) is -0.526. The molecule has 1 amide bonds. The fourth-order valence-electron chi connectivity index (χ4n) is 1.01. The Morgan fingerprint density at radius 2 is 1.88 bits per heavy atom. The minimum atomic E-state index is -0.526. The highest BCUT2D eigenvalue weighted by Crippen LogP contribution is 2.12. The molecule has 5 nitrogen and oxygen atoms in total. The summed E-state index contributed by atoms with van der Waals surface area (Å²) in [7, 11) is 1.62. The minimum absolute atomic E-state index is 0.212. The summed E-state index contributed by atoms with van der Waals surface area (Å²) in [5, 5.41) is 0. The highest BCUT2D eigenvalue weighted by atomic mass is 16.6. The molecule has 0 saturated heterocycles. The lowest BCUT2D eigenvalue weighted by Gasteiger charge is -2.30. The van der Waals surface area contributed by atoms with Crippen molar-refractivity contribution in [3.8, 4) is 0 Å². The van der Waals surface area contributed by atoms with Crippen molar-refractivity contribution in [2.45, 2.75) is 52.3 Å². The van der Waals surface area contributed by atoms with Crippen LogP contribution in [0.2, 0.25) is 0 Å². The highest BCUT2D eigenvalue weighted by molar-refractivity contribution is 5.68. The smallest absolute Gasteiger partial charge is 0.410 e. The molecule has 0 aromatic carbocycles. The molecule has 0 radical (unpaired) electrons. The second-order valence-electron chi connectivity index (χ2n) is 4.79. The number of nitrogens with zero attached hydrogens (tertiary/aromatic N) is 2. The number of carbonyl (C=O) groups excluding carboxylic acids is 2. The van der Waals surface area contributed by atoms with Crippen molar-refractivity contribution >= 4 is 12.2 Å². The number of carbonyl (C=O) groups is 1. The molecule has 0 heterocycles. The molecule has 0 fully saturated rings. The number of amides is 1. The summed E-state index contributed by atoms with van der Waals surface area (Å²) >= 11 is 0. The average Bonchev–Trinajstić information content (AvgIpc) is 2.13. The number of rotatable bonds is 3. The van der Waals surface area contributed by atoms with E-state index in [1.165, 1.54) is 11.0 Å². The van der Waals surface area contributed by atoms with Gasteiger partial charge >= 0.3 is 6.09 Å². The second-order valence-corrected chi connectivity index (χ2v) is 4.79. The van der Waals surface area contributed by atoms with Crippen molar-refractivity contribution in [1.29, 1.82) is 0 Å². The maximum Gasteiger partial charge on any atom is 0.410 e. The number of hydrogen-bond donors (Lipinski definition) is 0. The number of likely N-dealkylation sites (N-methyl/N-ethyl adjacent to an activating group) is 1. The van der Waals surface area contributed by atoms with Gasteiger partial charge in [-0.25, -0.2) is 14.6 Å². The molecule has 0 N–H and O–H groups in total. The van der Waals surface area contributed by atoms with E-state index in [0.717, 1.165) is 0 Å². The molecule has 0 aliphatic rings. The van der Waals surface area contributed by atoms with Crippen LogP contribution in [0.1, 0.15) is 34.6 Å². The van der Waals surface area contributed by atoms with Crippen molar-refractivity contribution in [1.82, 2.24) is 4.90 Å². The van der Waals surface area contributed by atoms with Crippen LogP contribution in [0.15, 0.2) is 4.99 Å². The van der Waals surface area contributed by atoms with Crippen LogP contribution in [-0.2, 0) is 9.53 Å². The lowest BCUT2D eigenvalue weighted by atomic mass is 10.1. The lowest BCUT2D eigenvalue weighted by Crippen LogP contribution is -2.43. The van der Waals surface area contributed by atoms with Gasteiger partial charge in [-0.2, -0.15) is 0 Å². The Kier molecular flexibility index (Phi) is 5.18. The maximum absolute atomic E-state index is 11.7. The number of aliphatic imine (C=N–C) groups is 1. The van der Waals surface area contributed by atoms with Gasteiger partial charge in [0.2, 0.25) is 6.08 Å². The predicted octanol–water partition coefficient (Wildman–Crippen LogP) is 1.97. The van der Waals surface area contributed by atoms with Gasteiger partial charge in [0.05, 0.1) is 12.1 Å². The van der Waals surface area contributed by atoms with Gasteiger partial charge in [0.25, 0.3) is 0 Å². The Morgan fingerprint density at radius 1 is 1.38 bits per heavy atom. The zero-order chi connectivity index (χ0) is 12.9. The normalized spacial score (nSPS) is 14.6. The Morgan fingerprint density at radius 3 is 2.25 bits per heavy atom. The first kappa shape index (κ1) is 14.6. The monoisotopic (exact) mass is 228 g/mol. The maximum atomic E-state index is 11.7. The standard InChI is InChI=1S/C11H20N2O3/c1-8(12-7-14)9(2)13(6)10(15)16-11(3,4)5/h8-9H,1-6H3. The van der Waals surface area contributed by atoms with Crippen LogP contribution >= 0.6 is 0 Å². The first-order valence-corrected chi connectivity index (χ1v) is 5.22. The van der Waals surface area contributed by atoms with Crippen LogP contribution in [0.25, 0.3) is 0 Å². The minimum Gasteiger partial charge on any atom is -0.444 e. The van der Waals surface area contributed by atoms with E-state index < -0.39 is 11.7 Å². The molecule has 16 heavy (non-hydrogen) atoms.